The summed E-state index contributed by atoms with van der Waals surface area (Å²) in [5.41, 5.74) is 4.65. The Kier molecular flexibility index (Phi) is 4.54. The van der Waals surface area contributed by atoms with Crippen molar-refractivity contribution in [1.29, 1.82) is 0 Å². The highest BCUT2D eigenvalue weighted by atomic mass is 19.1. The van der Waals surface area contributed by atoms with Crippen LogP contribution in [0, 0.1) is 17.6 Å². The van der Waals surface area contributed by atoms with Crippen LogP contribution in [0.5, 0.6) is 0 Å². The molecule has 0 aromatic heterocycles. The molecular formula is C14H18F2N2O2. The SMILES string of the molecule is CN(CC1CCCOC1)C(=O)c1cc(F)cc(N)c1F. The maximum Gasteiger partial charge on any atom is 0.256 e. The number of amides is 1. The highest BCUT2D eigenvalue weighted by Gasteiger charge is 2.23. The van der Waals surface area contributed by atoms with Crippen molar-refractivity contribution >= 4 is 11.6 Å². The molecule has 1 aromatic rings. The van der Waals surface area contributed by atoms with E-state index in [9.17, 15) is 13.6 Å². The minimum atomic E-state index is -0.872. The lowest BCUT2D eigenvalue weighted by atomic mass is 10.0. The van der Waals surface area contributed by atoms with Gasteiger partial charge in [-0.15, -0.1) is 0 Å². The van der Waals surface area contributed by atoms with Crippen molar-refractivity contribution in [3.8, 4) is 0 Å². The number of rotatable bonds is 3. The van der Waals surface area contributed by atoms with E-state index in [1.165, 1.54) is 4.90 Å². The molecule has 2 rings (SSSR count). The van der Waals surface area contributed by atoms with Crippen LogP contribution in [0.15, 0.2) is 12.1 Å². The number of nitrogens with zero attached hydrogens (tertiary/aromatic N) is 1. The molecule has 0 spiro atoms. The lowest BCUT2D eigenvalue weighted by Crippen LogP contribution is -2.35. The molecule has 1 atom stereocenters. The van der Waals surface area contributed by atoms with E-state index < -0.39 is 17.5 Å². The molecule has 1 heterocycles. The second-order valence-corrected chi connectivity index (χ2v) is 5.13. The summed E-state index contributed by atoms with van der Waals surface area (Å²) in [4.78, 5) is 13.6. The van der Waals surface area contributed by atoms with E-state index in [-0.39, 0.29) is 17.2 Å². The predicted molar refractivity (Wildman–Crippen MR) is 71.3 cm³/mol. The van der Waals surface area contributed by atoms with Crippen LogP contribution in [0.1, 0.15) is 23.2 Å². The van der Waals surface area contributed by atoms with Crippen LogP contribution in [-0.2, 0) is 4.74 Å². The van der Waals surface area contributed by atoms with E-state index in [1.807, 2.05) is 0 Å². The average molecular weight is 284 g/mol. The molecule has 0 radical (unpaired) electrons. The van der Waals surface area contributed by atoms with Gasteiger partial charge in [-0.1, -0.05) is 0 Å². The molecular weight excluding hydrogens is 266 g/mol. The van der Waals surface area contributed by atoms with Gasteiger partial charge in [-0.3, -0.25) is 4.79 Å². The second kappa shape index (κ2) is 6.17. The Labute approximate surface area is 116 Å². The zero-order chi connectivity index (χ0) is 14.7. The van der Waals surface area contributed by atoms with Crippen LogP contribution in [0.3, 0.4) is 0 Å². The largest absolute Gasteiger partial charge is 0.396 e. The number of halogens is 2. The topological polar surface area (TPSA) is 55.6 Å². The van der Waals surface area contributed by atoms with E-state index in [0.717, 1.165) is 31.6 Å². The first-order valence-electron chi connectivity index (χ1n) is 6.56. The normalized spacial score (nSPS) is 18.9. The zero-order valence-corrected chi connectivity index (χ0v) is 11.4. The zero-order valence-electron chi connectivity index (χ0n) is 11.4. The fourth-order valence-corrected chi connectivity index (χ4v) is 2.39. The molecule has 1 aromatic carbocycles. The van der Waals surface area contributed by atoms with E-state index in [0.29, 0.717) is 13.2 Å². The highest BCUT2D eigenvalue weighted by molar-refractivity contribution is 5.95. The fraction of sp³-hybridized carbons (Fsp3) is 0.500. The molecule has 1 amide bonds. The summed E-state index contributed by atoms with van der Waals surface area (Å²) in [6, 6.07) is 1.74. The summed E-state index contributed by atoms with van der Waals surface area (Å²) >= 11 is 0. The van der Waals surface area contributed by atoms with Crippen LogP contribution < -0.4 is 5.73 Å². The number of hydrogen-bond acceptors (Lipinski definition) is 3. The Morgan fingerprint density at radius 1 is 1.50 bits per heavy atom. The number of ether oxygens (including phenoxy) is 1. The van der Waals surface area contributed by atoms with E-state index >= 15 is 0 Å². The number of benzene rings is 1. The average Bonchev–Trinajstić information content (AvgIpc) is 2.43. The van der Waals surface area contributed by atoms with Crippen LogP contribution in [0.2, 0.25) is 0 Å². The van der Waals surface area contributed by atoms with Crippen molar-refractivity contribution in [3.63, 3.8) is 0 Å². The maximum atomic E-state index is 13.8. The number of nitrogen functional groups attached to an aromatic ring is 1. The lowest BCUT2D eigenvalue weighted by Gasteiger charge is -2.27. The molecule has 1 saturated heterocycles. The van der Waals surface area contributed by atoms with Crippen molar-refractivity contribution in [2.45, 2.75) is 12.8 Å². The monoisotopic (exact) mass is 284 g/mol. The molecule has 2 N–H and O–H groups in total. The molecule has 0 aliphatic carbocycles. The summed E-state index contributed by atoms with van der Waals surface area (Å²) in [5.74, 6) is -1.93. The van der Waals surface area contributed by atoms with E-state index in [2.05, 4.69) is 0 Å². The second-order valence-electron chi connectivity index (χ2n) is 5.13. The molecule has 6 heteroatoms. The molecule has 4 nitrogen and oxygen atoms in total. The molecule has 1 fully saturated rings. The summed E-state index contributed by atoms with van der Waals surface area (Å²) in [7, 11) is 1.57. The van der Waals surface area contributed by atoms with Crippen LogP contribution in [-0.4, -0.2) is 37.6 Å². The van der Waals surface area contributed by atoms with Crippen LogP contribution in [0.4, 0.5) is 14.5 Å². The Hall–Kier alpha value is -1.69. The Morgan fingerprint density at radius 2 is 2.25 bits per heavy atom. The first-order valence-corrected chi connectivity index (χ1v) is 6.56. The molecule has 20 heavy (non-hydrogen) atoms. The molecule has 0 bridgehead atoms. The minimum absolute atomic E-state index is 0.228. The van der Waals surface area contributed by atoms with Gasteiger partial charge in [0.2, 0.25) is 0 Å². The number of hydrogen-bond donors (Lipinski definition) is 1. The van der Waals surface area contributed by atoms with Gasteiger partial charge in [0.15, 0.2) is 5.82 Å². The van der Waals surface area contributed by atoms with Gasteiger partial charge in [-0.25, -0.2) is 8.78 Å². The Bertz CT molecular complexity index is 502. The molecule has 0 saturated carbocycles. The molecule has 110 valence electrons. The Balaban J connectivity index is 2.10. The molecule has 1 aliphatic heterocycles. The van der Waals surface area contributed by atoms with Gasteiger partial charge in [-0.05, 0) is 30.9 Å². The lowest BCUT2D eigenvalue weighted by molar-refractivity contribution is 0.0387. The van der Waals surface area contributed by atoms with Gasteiger partial charge in [0.25, 0.3) is 5.91 Å². The third-order valence-corrected chi connectivity index (χ3v) is 3.43. The molecule has 1 aliphatic rings. The first kappa shape index (κ1) is 14.7. The summed E-state index contributed by atoms with van der Waals surface area (Å²) in [5, 5.41) is 0. The van der Waals surface area contributed by atoms with Gasteiger partial charge >= 0.3 is 0 Å². The highest BCUT2D eigenvalue weighted by Crippen LogP contribution is 2.20. The fourth-order valence-electron chi connectivity index (χ4n) is 2.39. The molecule has 1 unspecified atom stereocenters. The Morgan fingerprint density at radius 3 is 2.90 bits per heavy atom. The number of nitrogens with two attached hydrogens (primary N) is 1. The minimum Gasteiger partial charge on any atom is -0.396 e. The smallest absolute Gasteiger partial charge is 0.256 e. The predicted octanol–water partition coefficient (Wildman–Crippen LogP) is 2.05. The third kappa shape index (κ3) is 3.25. The summed E-state index contributed by atoms with van der Waals surface area (Å²) < 4.78 is 32.4. The van der Waals surface area contributed by atoms with Crippen molar-refractivity contribution in [2.24, 2.45) is 5.92 Å². The quantitative estimate of drug-likeness (QED) is 0.864. The number of anilines is 1. The first-order chi connectivity index (χ1) is 9.49. The van der Waals surface area contributed by atoms with Gasteiger partial charge in [0, 0.05) is 20.2 Å². The standard InChI is InChI=1S/C14H18F2N2O2/c1-18(7-9-3-2-4-20-8-9)14(19)11-5-10(15)6-12(17)13(11)16/h5-6,9H,2-4,7-8,17H2,1H3. The van der Waals surface area contributed by atoms with E-state index in [4.69, 9.17) is 10.5 Å². The van der Waals surface area contributed by atoms with E-state index in [1.54, 1.807) is 7.05 Å². The number of carbonyl (C=O) groups excluding carboxylic acids is 1. The van der Waals surface area contributed by atoms with Crippen molar-refractivity contribution in [3.05, 3.63) is 29.3 Å². The third-order valence-electron chi connectivity index (χ3n) is 3.43. The summed E-state index contributed by atoms with van der Waals surface area (Å²) in [6.07, 6.45) is 1.92. The van der Waals surface area contributed by atoms with Gasteiger partial charge in [0.1, 0.15) is 5.82 Å². The number of carbonyl (C=O) groups is 1. The van der Waals surface area contributed by atoms with Crippen molar-refractivity contribution in [2.75, 3.05) is 32.5 Å². The maximum absolute atomic E-state index is 13.8. The van der Waals surface area contributed by atoms with Crippen molar-refractivity contribution in [1.82, 2.24) is 4.90 Å². The van der Waals surface area contributed by atoms with Crippen LogP contribution >= 0.6 is 0 Å². The van der Waals surface area contributed by atoms with Gasteiger partial charge in [-0.2, -0.15) is 0 Å². The van der Waals surface area contributed by atoms with Gasteiger partial charge in [0.05, 0.1) is 17.9 Å². The van der Waals surface area contributed by atoms with Crippen molar-refractivity contribution < 1.29 is 18.3 Å². The van der Waals surface area contributed by atoms with Crippen LogP contribution in [0.25, 0.3) is 0 Å². The van der Waals surface area contributed by atoms with Gasteiger partial charge < -0.3 is 15.4 Å². The summed E-state index contributed by atoms with van der Waals surface area (Å²) in [6.45, 7) is 1.78.